The number of hydrogen-bond donors (Lipinski definition) is 8. The zero-order chi connectivity index (χ0) is 24.5. The van der Waals surface area contributed by atoms with Gasteiger partial charge in [0.05, 0.1) is 24.7 Å². The smallest absolute Gasteiger partial charge is 0.215 e. The van der Waals surface area contributed by atoms with Crippen molar-refractivity contribution in [2.75, 3.05) is 20.7 Å². The van der Waals surface area contributed by atoms with Gasteiger partial charge in [-0.15, -0.1) is 0 Å². The first kappa shape index (κ1) is 26.7. The van der Waals surface area contributed by atoms with E-state index in [1.54, 1.807) is 14.0 Å². The summed E-state index contributed by atoms with van der Waals surface area (Å²) in [5, 5.41) is 38.2. The second kappa shape index (κ2) is 10.8. The number of rotatable bonds is 7. The Labute approximate surface area is 194 Å². The van der Waals surface area contributed by atoms with Crippen molar-refractivity contribution in [3.05, 3.63) is 11.8 Å². The normalized spacial score (nSPS) is 47.5. The Hall–Kier alpha value is -0.900. The number of nitrogens with two attached hydrogens (primary N) is 3. The third kappa shape index (κ3) is 5.68. The molecule has 0 unspecified atom stereocenters. The van der Waals surface area contributed by atoms with Gasteiger partial charge in [-0.25, -0.2) is 0 Å². The van der Waals surface area contributed by atoms with E-state index in [2.05, 4.69) is 10.6 Å². The molecule has 0 aromatic rings. The maximum atomic E-state index is 11.1. The molecule has 11 N–H and O–H groups in total. The van der Waals surface area contributed by atoms with Crippen molar-refractivity contribution in [3.8, 4) is 0 Å². The van der Waals surface area contributed by atoms with Crippen molar-refractivity contribution >= 4 is 0 Å². The van der Waals surface area contributed by atoms with Crippen LogP contribution in [0.4, 0.5) is 0 Å². The summed E-state index contributed by atoms with van der Waals surface area (Å²) >= 11 is 0. The predicted molar refractivity (Wildman–Crippen MR) is 120 cm³/mol. The molecular weight excluding hydrogens is 434 g/mol. The van der Waals surface area contributed by atoms with Crippen molar-refractivity contribution in [3.63, 3.8) is 0 Å². The van der Waals surface area contributed by atoms with E-state index in [0.29, 0.717) is 18.6 Å². The van der Waals surface area contributed by atoms with Crippen LogP contribution in [0.15, 0.2) is 11.8 Å². The Morgan fingerprint density at radius 1 is 1.06 bits per heavy atom. The number of aliphatic hydroxyl groups is 3. The fourth-order valence-corrected chi connectivity index (χ4v) is 4.70. The van der Waals surface area contributed by atoms with Gasteiger partial charge in [0.2, 0.25) is 6.29 Å². The van der Waals surface area contributed by atoms with Gasteiger partial charge < -0.3 is 62.1 Å². The highest BCUT2D eigenvalue weighted by molar-refractivity contribution is 5.08. The molecule has 0 radical (unpaired) electrons. The highest BCUT2D eigenvalue weighted by Crippen LogP contribution is 2.31. The second-order valence-corrected chi connectivity index (χ2v) is 9.55. The molecule has 2 fully saturated rings. The largest absolute Gasteiger partial charge is 0.466 e. The third-order valence-corrected chi connectivity index (χ3v) is 6.84. The number of ether oxygens (including phenoxy) is 4. The van der Waals surface area contributed by atoms with Crippen LogP contribution in [-0.4, -0.2) is 109 Å². The molecule has 2 aliphatic heterocycles. The Balaban J connectivity index is 1.70. The van der Waals surface area contributed by atoms with E-state index in [4.69, 9.17) is 36.1 Å². The van der Waals surface area contributed by atoms with Gasteiger partial charge in [0.1, 0.15) is 35.8 Å². The number of likely N-dealkylation sites (N-methyl/N-ethyl adjacent to an activating group) is 2. The molecule has 0 amide bonds. The Morgan fingerprint density at radius 3 is 2.24 bits per heavy atom. The summed E-state index contributed by atoms with van der Waals surface area (Å²) in [6.45, 7) is 3.44. The second-order valence-electron chi connectivity index (χ2n) is 9.55. The van der Waals surface area contributed by atoms with Gasteiger partial charge in [-0.05, 0) is 46.9 Å². The summed E-state index contributed by atoms with van der Waals surface area (Å²) in [5.74, 6) is 0.705. The van der Waals surface area contributed by atoms with Crippen LogP contribution >= 0.6 is 0 Å². The minimum Gasteiger partial charge on any atom is -0.466 e. The minimum atomic E-state index is -1.29. The molecule has 1 saturated heterocycles. The molecular formula is C21H41N5O7. The van der Waals surface area contributed by atoms with Crippen LogP contribution in [0.2, 0.25) is 0 Å². The molecule has 0 aromatic carbocycles. The molecule has 0 bridgehead atoms. The Bertz CT molecular complexity index is 683. The van der Waals surface area contributed by atoms with Gasteiger partial charge in [0.15, 0.2) is 6.29 Å². The summed E-state index contributed by atoms with van der Waals surface area (Å²) in [7, 11) is 3.45. The van der Waals surface area contributed by atoms with Crippen LogP contribution in [0.1, 0.15) is 26.7 Å². The van der Waals surface area contributed by atoms with E-state index in [1.807, 2.05) is 20.0 Å². The van der Waals surface area contributed by atoms with Crippen molar-refractivity contribution in [1.29, 1.82) is 0 Å². The zero-order valence-corrected chi connectivity index (χ0v) is 19.8. The number of aliphatic hydroxyl groups excluding tert-OH is 2. The molecule has 12 nitrogen and oxygen atoms in total. The van der Waals surface area contributed by atoms with Gasteiger partial charge in [-0.1, -0.05) is 0 Å². The molecule has 2 heterocycles. The van der Waals surface area contributed by atoms with Crippen LogP contribution in [0.5, 0.6) is 0 Å². The van der Waals surface area contributed by atoms with E-state index in [-0.39, 0.29) is 12.6 Å². The van der Waals surface area contributed by atoms with E-state index >= 15 is 0 Å². The van der Waals surface area contributed by atoms with Crippen LogP contribution in [0.25, 0.3) is 0 Å². The summed E-state index contributed by atoms with van der Waals surface area (Å²) in [5.41, 5.74) is 17.4. The summed E-state index contributed by atoms with van der Waals surface area (Å²) in [6, 6.07) is -2.36. The van der Waals surface area contributed by atoms with Gasteiger partial charge in [0.25, 0.3) is 0 Å². The fourth-order valence-electron chi connectivity index (χ4n) is 4.70. The number of hydrogen-bond acceptors (Lipinski definition) is 12. The van der Waals surface area contributed by atoms with Crippen LogP contribution in [-0.2, 0) is 18.9 Å². The molecule has 3 rings (SSSR count). The first-order valence-electron chi connectivity index (χ1n) is 11.5. The lowest BCUT2D eigenvalue weighted by Crippen LogP contribution is -2.68. The standard InChI is InChI=1S/C21H41N5O7/c1-9(25-3)13-6-5-10(22)19(31-13)32-16-11(23)7-12(24)17(14(16)27)33-20-15(28)18(26-4)21(2,29)8-30-20/h6,9-12,14-20,25-29H,5,7-8,22-24H2,1-4H3/t9-,10+,11-,12+,14-,15-,16+,17-,18-,19-,20+,21-/m0/s1. The topological polar surface area (TPSA) is 200 Å². The fraction of sp³-hybridized carbons (Fsp3) is 0.905. The first-order valence-corrected chi connectivity index (χ1v) is 11.5. The third-order valence-electron chi connectivity index (χ3n) is 6.84. The molecule has 1 aliphatic carbocycles. The molecule has 1 saturated carbocycles. The van der Waals surface area contributed by atoms with Crippen LogP contribution < -0.4 is 27.8 Å². The Kier molecular flexibility index (Phi) is 8.73. The van der Waals surface area contributed by atoms with E-state index < -0.39 is 66.8 Å². The molecule has 0 spiro atoms. The van der Waals surface area contributed by atoms with Crippen molar-refractivity contribution in [2.45, 2.75) is 99.5 Å². The summed E-state index contributed by atoms with van der Waals surface area (Å²) in [6.07, 6.45) is -3.35. The SMILES string of the molecule is CN[C@@H](C)C1=CC[C@@H](N)[C@H](O[C@H]2[C@H](O)[C@@H](O[C@H]3OC[C@](C)(O)[C@@H](NC)[C@@H]3O)[C@H](N)C[C@@H]2N)O1. The average molecular weight is 476 g/mol. The summed E-state index contributed by atoms with van der Waals surface area (Å²) < 4.78 is 23.5. The number of nitrogens with one attached hydrogen (secondary N) is 2. The van der Waals surface area contributed by atoms with Gasteiger partial charge in [0, 0.05) is 12.1 Å². The molecule has 3 aliphatic rings. The van der Waals surface area contributed by atoms with Crippen LogP contribution in [0, 0.1) is 0 Å². The monoisotopic (exact) mass is 475 g/mol. The van der Waals surface area contributed by atoms with Gasteiger partial charge in [-0.2, -0.15) is 0 Å². The quantitative estimate of drug-likeness (QED) is 0.184. The highest BCUT2D eigenvalue weighted by atomic mass is 16.7. The lowest BCUT2D eigenvalue weighted by atomic mass is 9.84. The van der Waals surface area contributed by atoms with Gasteiger partial charge >= 0.3 is 0 Å². The first-order chi connectivity index (χ1) is 15.5. The van der Waals surface area contributed by atoms with Crippen molar-refractivity contribution in [1.82, 2.24) is 10.6 Å². The van der Waals surface area contributed by atoms with E-state index in [1.165, 1.54) is 0 Å². The predicted octanol–water partition coefficient (Wildman–Crippen LogP) is -3.20. The molecule has 33 heavy (non-hydrogen) atoms. The molecule has 192 valence electrons. The average Bonchev–Trinajstić information content (AvgIpc) is 2.76. The summed E-state index contributed by atoms with van der Waals surface area (Å²) in [4.78, 5) is 0. The minimum absolute atomic E-state index is 0.0275. The maximum Gasteiger partial charge on any atom is 0.215 e. The van der Waals surface area contributed by atoms with Crippen molar-refractivity contribution in [2.24, 2.45) is 17.2 Å². The maximum absolute atomic E-state index is 11.1. The zero-order valence-electron chi connectivity index (χ0n) is 19.8. The molecule has 12 heteroatoms. The van der Waals surface area contributed by atoms with Crippen molar-refractivity contribution < 1.29 is 34.3 Å². The highest BCUT2D eigenvalue weighted by Gasteiger charge is 2.50. The van der Waals surface area contributed by atoms with Gasteiger partial charge in [-0.3, -0.25) is 0 Å². The Morgan fingerprint density at radius 2 is 1.67 bits per heavy atom. The van der Waals surface area contributed by atoms with Crippen LogP contribution in [0.3, 0.4) is 0 Å². The molecule has 0 aromatic heterocycles. The van der Waals surface area contributed by atoms with E-state index in [0.717, 1.165) is 0 Å². The van der Waals surface area contributed by atoms with E-state index in [9.17, 15) is 15.3 Å². The lowest BCUT2D eigenvalue weighted by Gasteiger charge is -2.48. The lowest BCUT2D eigenvalue weighted by molar-refractivity contribution is -0.303. The molecule has 12 atom stereocenters.